The van der Waals surface area contributed by atoms with Gasteiger partial charge >= 0.3 is 0 Å². The van der Waals surface area contributed by atoms with E-state index in [0.29, 0.717) is 26.2 Å². The summed E-state index contributed by atoms with van der Waals surface area (Å²) in [6, 6.07) is 10.9. The number of carbonyl (C=O) groups is 1. The maximum atomic E-state index is 14.3. The van der Waals surface area contributed by atoms with Crippen molar-refractivity contribution in [1.82, 2.24) is 5.32 Å². The van der Waals surface area contributed by atoms with Crippen LogP contribution in [-0.2, 0) is 15.9 Å². The highest BCUT2D eigenvalue weighted by molar-refractivity contribution is 5.94. The van der Waals surface area contributed by atoms with Crippen molar-refractivity contribution in [3.8, 4) is 5.75 Å². The monoisotopic (exact) mass is 442 g/mol. The van der Waals surface area contributed by atoms with E-state index in [9.17, 15) is 14.3 Å². The first kappa shape index (κ1) is 22.6. The number of amides is 1. The van der Waals surface area contributed by atoms with Gasteiger partial charge in [-0.25, -0.2) is 4.39 Å². The molecular formula is C25H31FN2O4. The number of nitrogens with one attached hydrogen (secondary N) is 1. The quantitative estimate of drug-likeness (QED) is 0.703. The van der Waals surface area contributed by atoms with E-state index in [2.05, 4.69) is 34.5 Å². The first-order valence-electron chi connectivity index (χ1n) is 11.2. The van der Waals surface area contributed by atoms with E-state index in [0.717, 1.165) is 24.7 Å². The Morgan fingerprint density at radius 2 is 1.81 bits per heavy atom. The second-order valence-corrected chi connectivity index (χ2v) is 9.38. The summed E-state index contributed by atoms with van der Waals surface area (Å²) in [6.45, 7) is 7.44. The van der Waals surface area contributed by atoms with E-state index in [1.807, 2.05) is 13.8 Å². The van der Waals surface area contributed by atoms with Crippen molar-refractivity contribution < 1.29 is 23.8 Å². The second kappa shape index (κ2) is 9.46. The third kappa shape index (κ3) is 5.22. The molecule has 2 aliphatic rings. The lowest BCUT2D eigenvalue weighted by atomic mass is 9.95. The Labute approximate surface area is 188 Å². The fourth-order valence-corrected chi connectivity index (χ4v) is 4.07. The van der Waals surface area contributed by atoms with Gasteiger partial charge in [0, 0.05) is 36.3 Å². The number of aromatic hydroxyl groups is 1. The van der Waals surface area contributed by atoms with Gasteiger partial charge < -0.3 is 24.8 Å². The molecule has 0 aromatic heterocycles. The molecule has 2 saturated heterocycles. The van der Waals surface area contributed by atoms with Crippen molar-refractivity contribution in [2.75, 3.05) is 37.7 Å². The van der Waals surface area contributed by atoms with Gasteiger partial charge in [0.1, 0.15) is 0 Å². The topological polar surface area (TPSA) is 71.0 Å². The van der Waals surface area contributed by atoms with Crippen LogP contribution >= 0.6 is 0 Å². The van der Waals surface area contributed by atoms with E-state index in [1.165, 1.54) is 24.6 Å². The summed E-state index contributed by atoms with van der Waals surface area (Å²) in [5.41, 5.74) is 2.45. The summed E-state index contributed by atoms with van der Waals surface area (Å²) >= 11 is 0. The molecule has 0 aliphatic carbocycles. The zero-order chi connectivity index (χ0) is 22.7. The van der Waals surface area contributed by atoms with E-state index >= 15 is 0 Å². The summed E-state index contributed by atoms with van der Waals surface area (Å²) in [6.07, 6.45) is 2.25. The summed E-state index contributed by atoms with van der Waals surface area (Å²) in [5.74, 6) is -1.83. The number of halogens is 1. The number of nitrogens with zero attached hydrogens (tertiary/aromatic N) is 1. The maximum Gasteiger partial charge on any atom is 0.251 e. The molecular weight excluding hydrogens is 411 g/mol. The van der Waals surface area contributed by atoms with Crippen LogP contribution in [0.25, 0.3) is 0 Å². The molecule has 2 aromatic carbocycles. The van der Waals surface area contributed by atoms with Gasteiger partial charge in [0.15, 0.2) is 17.9 Å². The van der Waals surface area contributed by atoms with E-state index in [4.69, 9.17) is 9.47 Å². The summed E-state index contributed by atoms with van der Waals surface area (Å²) < 4.78 is 25.6. The molecule has 0 atom stereocenters. The van der Waals surface area contributed by atoms with Crippen LogP contribution in [0.3, 0.4) is 0 Å². The Balaban J connectivity index is 1.35. The van der Waals surface area contributed by atoms with Crippen LogP contribution in [0.15, 0.2) is 36.4 Å². The largest absolute Gasteiger partial charge is 0.504 e. The maximum absolute atomic E-state index is 14.3. The van der Waals surface area contributed by atoms with Crippen LogP contribution < -0.4 is 10.2 Å². The highest BCUT2D eigenvalue weighted by Gasteiger charge is 2.32. The summed E-state index contributed by atoms with van der Waals surface area (Å²) in [5, 5.41) is 13.0. The number of anilines is 1. The molecule has 0 saturated carbocycles. The molecule has 172 valence electrons. The van der Waals surface area contributed by atoms with Crippen LogP contribution in [0.1, 0.15) is 54.5 Å². The van der Waals surface area contributed by atoms with Crippen molar-refractivity contribution in [3.05, 3.63) is 58.9 Å². The van der Waals surface area contributed by atoms with Crippen LogP contribution in [0.4, 0.5) is 10.1 Å². The zero-order valence-corrected chi connectivity index (χ0v) is 18.7. The second-order valence-electron chi connectivity index (χ2n) is 9.38. The third-order valence-electron chi connectivity index (χ3n) is 5.97. The lowest BCUT2D eigenvalue weighted by Crippen LogP contribution is -2.34. The van der Waals surface area contributed by atoms with Crippen molar-refractivity contribution in [2.45, 2.75) is 39.4 Å². The van der Waals surface area contributed by atoms with E-state index < -0.39 is 23.8 Å². The minimum absolute atomic E-state index is 0.122. The summed E-state index contributed by atoms with van der Waals surface area (Å²) in [4.78, 5) is 15.0. The first-order chi connectivity index (χ1) is 15.3. The van der Waals surface area contributed by atoms with E-state index in [1.54, 1.807) is 0 Å². The third-order valence-corrected chi connectivity index (χ3v) is 5.97. The van der Waals surface area contributed by atoms with Crippen LogP contribution in [0.5, 0.6) is 5.75 Å². The number of phenolic OH excluding ortho intramolecular Hbond substituents is 1. The highest BCUT2D eigenvalue weighted by atomic mass is 19.1. The van der Waals surface area contributed by atoms with Gasteiger partial charge in [-0.15, -0.1) is 0 Å². The molecule has 0 bridgehead atoms. The number of hydrogen-bond acceptors (Lipinski definition) is 5. The predicted octanol–water partition coefficient (Wildman–Crippen LogP) is 4.18. The Kier molecular flexibility index (Phi) is 6.67. The molecule has 0 unspecified atom stereocenters. The molecule has 0 radical (unpaired) electrons. The Morgan fingerprint density at radius 1 is 1.16 bits per heavy atom. The van der Waals surface area contributed by atoms with Gasteiger partial charge in [-0.2, -0.15) is 0 Å². The van der Waals surface area contributed by atoms with E-state index in [-0.39, 0.29) is 16.5 Å². The lowest BCUT2D eigenvalue weighted by molar-refractivity contribution is -0.226. The van der Waals surface area contributed by atoms with Gasteiger partial charge in [0.05, 0.1) is 18.8 Å². The molecule has 2 aliphatic heterocycles. The Morgan fingerprint density at radius 3 is 2.47 bits per heavy atom. The number of benzene rings is 2. The smallest absolute Gasteiger partial charge is 0.251 e. The van der Waals surface area contributed by atoms with Gasteiger partial charge in [0.2, 0.25) is 0 Å². The van der Waals surface area contributed by atoms with Crippen molar-refractivity contribution in [3.63, 3.8) is 0 Å². The minimum Gasteiger partial charge on any atom is -0.504 e. The molecule has 2 aromatic rings. The molecule has 7 heteroatoms. The first-order valence-corrected chi connectivity index (χ1v) is 11.2. The van der Waals surface area contributed by atoms with Gasteiger partial charge in [-0.1, -0.05) is 26.0 Å². The Bertz CT molecular complexity index is 945. The molecule has 2 heterocycles. The molecule has 0 spiro atoms. The fraction of sp³-hybridized carbons (Fsp3) is 0.480. The molecule has 1 amide bonds. The fourth-order valence-electron chi connectivity index (χ4n) is 4.07. The lowest BCUT2D eigenvalue weighted by Gasteiger charge is -2.34. The standard InChI is InChI=1S/C25H31FN2O4/c1-25(2)15-31-24(32-16-25)20-13-18(14-21(26)22(20)29)23(30)27-10-9-17-5-7-19(8-6-17)28-11-3-4-12-28/h5-8,13-14,24,29H,3-4,9-12,15-16H2,1-2H3,(H,27,30). The van der Waals surface area contributed by atoms with Crippen LogP contribution in [0.2, 0.25) is 0 Å². The number of ether oxygens (including phenoxy) is 2. The van der Waals surface area contributed by atoms with Crippen molar-refractivity contribution >= 4 is 11.6 Å². The minimum atomic E-state index is -0.903. The molecule has 32 heavy (non-hydrogen) atoms. The average molecular weight is 443 g/mol. The van der Waals surface area contributed by atoms with Crippen LogP contribution in [-0.4, -0.2) is 43.9 Å². The number of rotatable bonds is 6. The number of hydrogen-bond donors (Lipinski definition) is 2. The molecule has 4 rings (SSSR count). The zero-order valence-electron chi connectivity index (χ0n) is 18.7. The molecule has 2 N–H and O–H groups in total. The van der Waals surface area contributed by atoms with Crippen molar-refractivity contribution in [2.24, 2.45) is 5.41 Å². The number of phenols is 1. The van der Waals surface area contributed by atoms with Crippen LogP contribution in [0, 0.1) is 11.2 Å². The molecule has 2 fully saturated rings. The average Bonchev–Trinajstić information content (AvgIpc) is 3.31. The van der Waals surface area contributed by atoms with Gasteiger partial charge in [-0.05, 0) is 49.1 Å². The number of carbonyl (C=O) groups excluding carboxylic acids is 1. The highest BCUT2D eigenvalue weighted by Crippen LogP contribution is 2.36. The summed E-state index contributed by atoms with van der Waals surface area (Å²) in [7, 11) is 0. The van der Waals surface area contributed by atoms with Crippen molar-refractivity contribution in [1.29, 1.82) is 0 Å². The SMILES string of the molecule is CC1(C)COC(c2cc(C(=O)NCCc3ccc(N4CCCC4)cc3)cc(F)c2O)OC1. The Hall–Kier alpha value is -2.64. The molecule has 6 nitrogen and oxygen atoms in total. The normalized spacial score (nSPS) is 18.7. The predicted molar refractivity (Wildman–Crippen MR) is 120 cm³/mol. The van der Waals surface area contributed by atoms with Gasteiger partial charge in [0.25, 0.3) is 5.91 Å². The van der Waals surface area contributed by atoms with Gasteiger partial charge in [-0.3, -0.25) is 4.79 Å².